The van der Waals surface area contributed by atoms with Gasteiger partial charge in [-0.05, 0) is 29.8 Å². The van der Waals surface area contributed by atoms with Gasteiger partial charge in [-0.1, -0.05) is 35.3 Å². The van der Waals surface area contributed by atoms with E-state index in [0.29, 0.717) is 0 Å². The number of aliphatic imine (C=N–C) groups is 1. The summed E-state index contributed by atoms with van der Waals surface area (Å²) in [7, 11) is 1.84. The van der Waals surface area contributed by atoms with E-state index in [0.717, 1.165) is 17.0 Å². The van der Waals surface area contributed by atoms with E-state index >= 15 is 0 Å². The maximum Gasteiger partial charge on any atom is 0.318 e. The van der Waals surface area contributed by atoms with Gasteiger partial charge in [-0.3, -0.25) is 9.79 Å². The van der Waals surface area contributed by atoms with Crippen LogP contribution in [-0.4, -0.2) is 35.6 Å². The summed E-state index contributed by atoms with van der Waals surface area (Å²) >= 11 is 0. The van der Waals surface area contributed by atoms with Gasteiger partial charge in [-0.15, -0.1) is 4.68 Å². The fourth-order valence-electron chi connectivity index (χ4n) is 2.53. The van der Waals surface area contributed by atoms with E-state index in [2.05, 4.69) is 4.99 Å². The monoisotopic (exact) mass is 310 g/mol. The van der Waals surface area contributed by atoms with Gasteiger partial charge >= 0.3 is 5.91 Å². The van der Waals surface area contributed by atoms with Crippen molar-refractivity contribution in [3.63, 3.8) is 0 Å². The first kappa shape index (κ1) is 15.1. The first-order valence-corrected chi connectivity index (χ1v) is 7.33. The van der Waals surface area contributed by atoms with E-state index in [9.17, 15) is 9.18 Å². The maximum absolute atomic E-state index is 12.9. The molecule has 116 valence electrons. The van der Waals surface area contributed by atoms with Gasteiger partial charge in [0.2, 0.25) is 11.8 Å². The Hall–Kier alpha value is -2.82. The molecule has 1 atom stereocenters. The van der Waals surface area contributed by atoms with Crippen LogP contribution in [-0.2, 0) is 4.79 Å². The zero-order valence-corrected chi connectivity index (χ0v) is 13.0. The number of para-hydroxylation sites is 1. The number of hydrazine groups is 1. The van der Waals surface area contributed by atoms with Crippen LogP contribution < -0.4 is 5.01 Å². The third-order valence-electron chi connectivity index (χ3n) is 3.89. The molecule has 1 heterocycles. The van der Waals surface area contributed by atoms with Crippen molar-refractivity contribution in [2.24, 2.45) is 4.99 Å². The summed E-state index contributed by atoms with van der Waals surface area (Å²) < 4.78 is 14.7. The molecule has 0 aromatic heterocycles. The second-order valence-electron chi connectivity index (χ2n) is 5.38. The molecular weight excluding hydrogens is 293 g/mol. The number of carbonyl (C=O) groups is 1. The van der Waals surface area contributed by atoms with Crippen LogP contribution in [0.1, 0.15) is 12.5 Å². The van der Waals surface area contributed by atoms with Gasteiger partial charge in [-0.25, -0.2) is 4.39 Å². The minimum Gasteiger partial charge on any atom is -0.268 e. The van der Waals surface area contributed by atoms with Crippen LogP contribution in [0.25, 0.3) is 0 Å². The van der Waals surface area contributed by atoms with E-state index in [1.807, 2.05) is 49.0 Å². The highest BCUT2D eigenvalue weighted by atomic mass is 19.1. The predicted octanol–water partition coefficient (Wildman–Crippen LogP) is 2.68. The van der Waals surface area contributed by atoms with Crippen LogP contribution in [0.4, 0.5) is 10.1 Å². The first-order valence-electron chi connectivity index (χ1n) is 7.33. The van der Waals surface area contributed by atoms with E-state index < -0.39 is 6.04 Å². The molecule has 23 heavy (non-hydrogen) atoms. The number of carbonyl (C=O) groups excluding carboxylic acids is 1. The fraction of sp³-hybridized carbons (Fsp3) is 0.167. The minimum absolute atomic E-state index is 0.102. The molecule has 1 aliphatic rings. The topological polar surface area (TPSA) is 35.7 Å². The Kier molecular flexibility index (Phi) is 4.02. The molecule has 4 nitrogen and oxygen atoms in total. The fourth-order valence-corrected chi connectivity index (χ4v) is 2.53. The van der Waals surface area contributed by atoms with Crippen molar-refractivity contribution in [2.75, 3.05) is 12.1 Å². The number of hydrogen-bond acceptors (Lipinski definition) is 2. The number of nitrogens with zero attached hydrogens (tertiary/aromatic N) is 3. The van der Waals surface area contributed by atoms with E-state index in [1.165, 1.54) is 12.1 Å². The van der Waals surface area contributed by atoms with Gasteiger partial charge in [0.1, 0.15) is 11.5 Å². The van der Waals surface area contributed by atoms with Crippen molar-refractivity contribution in [1.29, 1.82) is 0 Å². The molecule has 1 aliphatic heterocycles. The average Bonchev–Trinajstić information content (AvgIpc) is 2.78. The molecule has 0 saturated carbocycles. The van der Waals surface area contributed by atoms with Gasteiger partial charge in [0, 0.05) is 13.1 Å². The number of hydrazone groups is 1. The highest BCUT2D eigenvalue weighted by Gasteiger charge is 2.44. The lowest BCUT2D eigenvalue weighted by Gasteiger charge is -2.10. The van der Waals surface area contributed by atoms with Gasteiger partial charge < -0.3 is 0 Å². The van der Waals surface area contributed by atoms with Crippen LogP contribution in [0.2, 0.25) is 0 Å². The molecule has 0 radical (unpaired) electrons. The van der Waals surface area contributed by atoms with Gasteiger partial charge in [0.25, 0.3) is 0 Å². The summed E-state index contributed by atoms with van der Waals surface area (Å²) in [5, 5.41) is 1.61. The lowest BCUT2D eigenvalue weighted by molar-refractivity contribution is -0.495. The number of amides is 1. The van der Waals surface area contributed by atoms with Gasteiger partial charge in [0.15, 0.2) is 7.05 Å². The Labute approximate surface area is 134 Å². The molecule has 0 bridgehead atoms. The van der Waals surface area contributed by atoms with Crippen molar-refractivity contribution in [1.82, 2.24) is 0 Å². The molecule has 3 rings (SSSR count). The second kappa shape index (κ2) is 6.12. The second-order valence-corrected chi connectivity index (χ2v) is 5.38. The zero-order chi connectivity index (χ0) is 16.4. The van der Waals surface area contributed by atoms with Crippen LogP contribution in [0.5, 0.6) is 0 Å². The molecule has 0 aliphatic carbocycles. The highest BCUT2D eigenvalue weighted by molar-refractivity contribution is 6.15. The Morgan fingerprint density at radius 2 is 1.78 bits per heavy atom. The maximum atomic E-state index is 12.9. The van der Waals surface area contributed by atoms with Gasteiger partial charge in [0.05, 0.1) is 0 Å². The number of rotatable bonds is 3. The molecule has 0 fully saturated rings. The van der Waals surface area contributed by atoms with E-state index in [4.69, 9.17) is 0 Å². The van der Waals surface area contributed by atoms with Crippen molar-refractivity contribution in [2.45, 2.75) is 13.0 Å². The average molecular weight is 310 g/mol. The number of anilines is 1. The Morgan fingerprint density at radius 3 is 2.43 bits per heavy atom. The lowest BCUT2D eigenvalue weighted by atomic mass is 10.2. The number of halogens is 1. The standard InChI is InChI=1S/C18H17FN3O/c1-13-17(20-12-14-8-10-15(19)11-9-14)18(23)22(21(13)2)16-6-4-3-5-7-16/h3-12,17H,1-2H3/q+1/t17-/m0/s1. The normalized spacial score (nSPS) is 18.3. The number of hydrogen-bond donors (Lipinski definition) is 0. The minimum atomic E-state index is -0.565. The van der Waals surface area contributed by atoms with Crippen LogP contribution >= 0.6 is 0 Å². The molecule has 5 heteroatoms. The summed E-state index contributed by atoms with van der Waals surface area (Å²) in [6.45, 7) is 1.88. The zero-order valence-electron chi connectivity index (χ0n) is 13.0. The summed E-state index contributed by atoms with van der Waals surface area (Å²) in [6, 6.07) is 14.9. The largest absolute Gasteiger partial charge is 0.318 e. The van der Waals surface area contributed by atoms with Crippen LogP contribution in [0.15, 0.2) is 59.6 Å². The first-order chi connectivity index (χ1) is 11.1. The molecule has 0 unspecified atom stereocenters. The highest BCUT2D eigenvalue weighted by Crippen LogP contribution is 2.20. The molecule has 2 aromatic rings. The number of benzene rings is 2. The van der Waals surface area contributed by atoms with Gasteiger partial charge in [-0.2, -0.15) is 0 Å². The van der Waals surface area contributed by atoms with Crippen molar-refractivity contribution >= 4 is 23.5 Å². The quantitative estimate of drug-likeness (QED) is 0.634. The summed E-state index contributed by atoms with van der Waals surface area (Å²) in [4.78, 5) is 17.1. The predicted molar refractivity (Wildman–Crippen MR) is 88.6 cm³/mol. The third-order valence-corrected chi connectivity index (χ3v) is 3.89. The molecule has 2 aromatic carbocycles. The lowest BCUT2D eigenvalue weighted by Crippen LogP contribution is -2.35. The third kappa shape index (κ3) is 2.90. The Balaban J connectivity index is 1.87. The van der Waals surface area contributed by atoms with E-state index in [-0.39, 0.29) is 11.7 Å². The smallest absolute Gasteiger partial charge is 0.268 e. The van der Waals surface area contributed by atoms with Crippen molar-refractivity contribution in [3.05, 3.63) is 66.0 Å². The molecule has 1 amide bonds. The Bertz CT molecular complexity index is 782. The summed E-state index contributed by atoms with van der Waals surface area (Å²) in [6.07, 6.45) is 1.60. The molecule has 0 N–H and O–H groups in total. The molecule has 0 spiro atoms. The van der Waals surface area contributed by atoms with Crippen LogP contribution in [0, 0.1) is 5.82 Å². The Morgan fingerprint density at radius 1 is 1.13 bits per heavy atom. The van der Waals surface area contributed by atoms with Crippen molar-refractivity contribution in [3.8, 4) is 0 Å². The molecule has 0 saturated heterocycles. The summed E-state index contributed by atoms with van der Waals surface area (Å²) in [5.41, 5.74) is 2.41. The van der Waals surface area contributed by atoms with E-state index in [1.54, 1.807) is 23.4 Å². The summed E-state index contributed by atoms with van der Waals surface area (Å²) in [5.74, 6) is -0.397. The van der Waals surface area contributed by atoms with Crippen LogP contribution in [0.3, 0.4) is 0 Å². The SMILES string of the molecule is CC1=[N+](C)N(c2ccccc2)C(=O)[C@H]1N=Cc1ccc(F)cc1. The van der Waals surface area contributed by atoms with Crippen molar-refractivity contribution < 1.29 is 13.9 Å². The molecular formula is C18H17FN3O+.